The molecule has 0 amide bonds. The van der Waals surface area contributed by atoms with Crippen LogP contribution in [0.25, 0.3) is 0 Å². The fourth-order valence-electron chi connectivity index (χ4n) is 1.47. The SMILES string of the molecule is CC(C)(C(=O)O)C1(O)CCCOC1. The van der Waals surface area contributed by atoms with E-state index >= 15 is 0 Å². The van der Waals surface area contributed by atoms with Gasteiger partial charge in [0.1, 0.15) is 5.60 Å². The smallest absolute Gasteiger partial charge is 0.312 e. The summed E-state index contributed by atoms with van der Waals surface area (Å²) in [7, 11) is 0. The zero-order valence-electron chi connectivity index (χ0n) is 8.04. The summed E-state index contributed by atoms with van der Waals surface area (Å²) in [5, 5.41) is 19.0. The van der Waals surface area contributed by atoms with Gasteiger partial charge in [-0.3, -0.25) is 4.79 Å². The molecule has 1 aliphatic rings. The Balaban J connectivity index is 2.82. The third kappa shape index (κ3) is 1.69. The average Bonchev–Trinajstić information content (AvgIpc) is 2.05. The third-order valence-corrected chi connectivity index (χ3v) is 2.92. The number of carboxylic acid groups (broad SMARTS) is 1. The molecule has 1 rings (SSSR count). The largest absolute Gasteiger partial charge is 0.481 e. The molecule has 1 saturated heterocycles. The van der Waals surface area contributed by atoms with Crippen LogP contribution in [0.4, 0.5) is 0 Å². The van der Waals surface area contributed by atoms with E-state index in [0.717, 1.165) is 0 Å². The Morgan fingerprint density at radius 1 is 1.54 bits per heavy atom. The third-order valence-electron chi connectivity index (χ3n) is 2.92. The lowest BCUT2D eigenvalue weighted by atomic mass is 9.72. The van der Waals surface area contributed by atoms with Crippen LogP contribution in [-0.4, -0.2) is 35.0 Å². The van der Waals surface area contributed by atoms with E-state index < -0.39 is 17.0 Å². The van der Waals surface area contributed by atoms with E-state index in [1.165, 1.54) is 13.8 Å². The molecule has 4 heteroatoms. The summed E-state index contributed by atoms with van der Waals surface area (Å²) in [6.45, 7) is 3.79. The predicted molar refractivity (Wildman–Crippen MR) is 46.4 cm³/mol. The molecule has 0 spiro atoms. The van der Waals surface area contributed by atoms with Crippen molar-refractivity contribution < 1.29 is 19.7 Å². The molecule has 1 atom stereocenters. The van der Waals surface area contributed by atoms with E-state index in [1.54, 1.807) is 0 Å². The lowest BCUT2D eigenvalue weighted by Crippen LogP contribution is -2.54. The van der Waals surface area contributed by atoms with Crippen molar-refractivity contribution in [2.75, 3.05) is 13.2 Å². The number of aliphatic carboxylic acids is 1. The monoisotopic (exact) mass is 188 g/mol. The molecule has 0 aromatic carbocycles. The molecule has 0 radical (unpaired) electrons. The van der Waals surface area contributed by atoms with Gasteiger partial charge in [-0.1, -0.05) is 0 Å². The summed E-state index contributed by atoms with van der Waals surface area (Å²) >= 11 is 0. The van der Waals surface area contributed by atoms with Crippen LogP contribution in [0, 0.1) is 5.41 Å². The van der Waals surface area contributed by atoms with Crippen LogP contribution in [0.5, 0.6) is 0 Å². The van der Waals surface area contributed by atoms with Gasteiger partial charge in [0.2, 0.25) is 0 Å². The van der Waals surface area contributed by atoms with Gasteiger partial charge in [0.05, 0.1) is 12.0 Å². The van der Waals surface area contributed by atoms with Gasteiger partial charge < -0.3 is 14.9 Å². The average molecular weight is 188 g/mol. The summed E-state index contributed by atoms with van der Waals surface area (Å²) in [4.78, 5) is 10.9. The zero-order valence-corrected chi connectivity index (χ0v) is 8.04. The van der Waals surface area contributed by atoms with Gasteiger partial charge >= 0.3 is 5.97 Å². The van der Waals surface area contributed by atoms with Crippen molar-refractivity contribution in [3.05, 3.63) is 0 Å². The minimum absolute atomic E-state index is 0.117. The molecule has 76 valence electrons. The van der Waals surface area contributed by atoms with Crippen LogP contribution >= 0.6 is 0 Å². The first-order valence-electron chi connectivity index (χ1n) is 4.44. The van der Waals surface area contributed by atoms with Gasteiger partial charge in [-0.15, -0.1) is 0 Å². The second-order valence-corrected chi connectivity index (χ2v) is 4.12. The summed E-state index contributed by atoms with van der Waals surface area (Å²) < 4.78 is 5.11. The van der Waals surface area contributed by atoms with Crippen molar-refractivity contribution in [1.82, 2.24) is 0 Å². The Bertz CT molecular complexity index is 204. The van der Waals surface area contributed by atoms with Crippen LogP contribution in [0.2, 0.25) is 0 Å². The standard InChI is InChI=1S/C9H16O4/c1-8(2,7(10)11)9(12)4-3-5-13-6-9/h12H,3-6H2,1-2H3,(H,10,11). The molecule has 2 N–H and O–H groups in total. The number of carbonyl (C=O) groups is 1. The maximum atomic E-state index is 10.9. The normalized spacial score (nSPS) is 30.1. The highest BCUT2D eigenvalue weighted by Gasteiger charge is 2.49. The Labute approximate surface area is 77.5 Å². The first-order chi connectivity index (χ1) is 5.90. The zero-order chi connectivity index (χ0) is 10.1. The van der Waals surface area contributed by atoms with E-state index in [9.17, 15) is 9.90 Å². The van der Waals surface area contributed by atoms with E-state index in [-0.39, 0.29) is 6.61 Å². The van der Waals surface area contributed by atoms with Crippen LogP contribution in [-0.2, 0) is 9.53 Å². The van der Waals surface area contributed by atoms with Crippen LogP contribution in [0.1, 0.15) is 26.7 Å². The highest BCUT2D eigenvalue weighted by atomic mass is 16.5. The topological polar surface area (TPSA) is 66.8 Å². The minimum atomic E-state index is -1.23. The summed E-state index contributed by atoms with van der Waals surface area (Å²) in [6.07, 6.45) is 1.21. The predicted octanol–water partition coefficient (Wildman–Crippen LogP) is 0.639. The number of carboxylic acids is 1. The maximum Gasteiger partial charge on any atom is 0.312 e. The summed E-state index contributed by atoms with van der Waals surface area (Å²) in [6, 6.07) is 0. The van der Waals surface area contributed by atoms with Crippen molar-refractivity contribution in [3.8, 4) is 0 Å². The van der Waals surface area contributed by atoms with Gasteiger partial charge in [-0.2, -0.15) is 0 Å². The number of hydrogen-bond acceptors (Lipinski definition) is 3. The number of aliphatic hydroxyl groups is 1. The molecule has 13 heavy (non-hydrogen) atoms. The number of rotatable bonds is 2. The van der Waals surface area contributed by atoms with Gasteiger partial charge in [0.15, 0.2) is 0 Å². The highest BCUT2D eigenvalue weighted by molar-refractivity contribution is 5.75. The molecule has 0 aromatic heterocycles. The Morgan fingerprint density at radius 3 is 2.54 bits per heavy atom. The molecule has 1 aliphatic heterocycles. The Kier molecular flexibility index (Phi) is 2.63. The first kappa shape index (κ1) is 10.5. The minimum Gasteiger partial charge on any atom is -0.481 e. The van der Waals surface area contributed by atoms with Crippen LogP contribution in [0.15, 0.2) is 0 Å². The molecular weight excluding hydrogens is 172 g/mol. The van der Waals surface area contributed by atoms with E-state index in [4.69, 9.17) is 9.84 Å². The fourth-order valence-corrected chi connectivity index (χ4v) is 1.47. The second-order valence-electron chi connectivity index (χ2n) is 4.12. The first-order valence-corrected chi connectivity index (χ1v) is 4.44. The van der Waals surface area contributed by atoms with E-state index in [1.807, 2.05) is 0 Å². The summed E-state index contributed by atoms with van der Waals surface area (Å²) in [5.74, 6) is -0.986. The lowest BCUT2D eigenvalue weighted by molar-refractivity contribution is -0.183. The Hall–Kier alpha value is -0.610. The second kappa shape index (κ2) is 3.27. The van der Waals surface area contributed by atoms with Gasteiger partial charge in [-0.05, 0) is 26.7 Å². The quantitative estimate of drug-likeness (QED) is 0.667. The van der Waals surface area contributed by atoms with Gasteiger partial charge in [0, 0.05) is 6.61 Å². The molecule has 1 heterocycles. The lowest BCUT2D eigenvalue weighted by Gasteiger charge is -2.41. The van der Waals surface area contributed by atoms with Crippen molar-refractivity contribution in [1.29, 1.82) is 0 Å². The Morgan fingerprint density at radius 2 is 2.15 bits per heavy atom. The van der Waals surface area contributed by atoms with Crippen molar-refractivity contribution >= 4 is 5.97 Å². The molecule has 0 bridgehead atoms. The summed E-state index contributed by atoms with van der Waals surface area (Å²) in [5.41, 5.74) is -2.37. The molecule has 0 aromatic rings. The van der Waals surface area contributed by atoms with Gasteiger partial charge in [0.25, 0.3) is 0 Å². The van der Waals surface area contributed by atoms with E-state index in [0.29, 0.717) is 19.4 Å². The fraction of sp³-hybridized carbons (Fsp3) is 0.889. The van der Waals surface area contributed by atoms with Crippen molar-refractivity contribution in [2.45, 2.75) is 32.3 Å². The number of ether oxygens (including phenoxy) is 1. The maximum absolute atomic E-state index is 10.9. The molecular formula is C9H16O4. The van der Waals surface area contributed by atoms with Crippen molar-refractivity contribution in [2.24, 2.45) is 5.41 Å². The van der Waals surface area contributed by atoms with Crippen LogP contribution in [0.3, 0.4) is 0 Å². The molecule has 1 fully saturated rings. The molecule has 0 saturated carbocycles. The molecule has 0 aliphatic carbocycles. The molecule has 4 nitrogen and oxygen atoms in total. The van der Waals surface area contributed by atoms with Gasteiger partial charge in [-0.25, -0.2) is 0 Å². The molecule has 1 unspecified atom stereocenters. The number of hydrogen-bond donors (Lipinski definition) is 2. The van der Waals surface area contributed by atoms with Crippen LogP contribution < -0.4 is 0 Å². The van der Waals surface area contributed by atoms with E-state index in [2.05, 4.69) is 0 Å². The van der Waals surface area contributed by atoms with Crippen molar-refractivity contribution in [3.63, 3.8) is 0 Å². The highest BCUT2D eigenvalue weighted by Crippen LogP contribution is 2.37.